The summed E-state index contributed by atoms with van der Waals surface area (Å²) in [5, 5.41) is 0.631. The van der Waals surface area contributed by atoms with Crippen LogP contribution in [0.4, 0.5) is 0 Å². The minimum Gasteiger partial charge on any atom is -0.300 e. The van der Waals surface area contributed by atoms with Crippen LogP contribution >= 0.6 is 23.2 Å². The predicted molar refractivity (Wildman–Crippen MR) is 103 cm³/mol. The fourth-order valence-corrected chi connectivity index (χ4v) is 5.78. The maximum absolute atomic E-state index is 12.9. The van der Waals surface area contributed by atoms with Crippen molar-refractivity contribution in [1.29, 1.82) is 0 Å². The molecule has 25 heavy (non-hydrogen) atoms. The zero-order valence-corrected chi connectivity index (χ0v) is 17.1. The van der Waals surface area contributed by atoms with Crippen LogP contribution in [0.2, 0.25) is 10.0 Å². The highest BCUT2D eigenvalue weighted by atomic mass is 35.5. The van der Waals surface area contributed by atoms with Gasteiger partial charge in [-0.3, -0.25) is 0 Å². The second kappa shape index (κ2) is 7.73. The van der Waals surface area contributed by atoms with Crippen molar-refractivity contribution in [2.45, 2.75) is 56.0 Å². The van der Waals surface area contributed by atoms with Gasteiger partial charge in [0, 0.05) is 19.1 Å². The largest absolute Gasteiger partial charge is 0.300 e. The van der Waals surface area contributed by atoms with Gasteiger partial charge in [-0.2, -0.15) is 4.31 Å². The monoisotopic (exact) mass is 404 g/mol. The molecule has 2 fully saturated rings. The van der Waals surface area contributed by atoms with Crippen LogP contribution in [0.5, 0.6) is 0 Å². The highest BCUT2D eigenvalue weighted by molar-refractivity contribution is 7.89. The van der Waals surface area contributed by atoms with Crippen molar-refractivity contribution in [3.63, 3.8) is 0 Å². The smallest absolute Gasteiger partial charge is 0.243 e. The lowest BCUT2D eigenvalue weighted by atomic mass is 9.97. The fourth-order valence-electron chi connectivity index (χ4n) is 3.99. The van der Waals surface area contributed by atoms with Gasteiger partial charge in [0.2, 0.25) is 10.0 Å². The van der Waals surface area contributed by atoms with E-state index in [0.717, 1.165) is 38.3 Å². The van der Waals surface area contributed by atoms with E-state index in [0.29, 0.717) is 11.1 Å². The van der Waals surface area contributed by atoms with E-state index in [4.69, 9.17) is 23.2 Å². The van der Waals surface area contributed by atoms with Crippen molar-refractivity contribution in [2.24, 2.45) is 5.92 Å². The van der Waals surface area contributed by atoms with Gasteiger partial charge in [0.05, 0.1) is 14.9 Å². The molecule has 1 heterocycles. The van der Waals surface area contributed by atoms with Crippen LogP contribution in [0, 0.1) is 5.92 Å². The Hall–Kier alpha value is -0.330. The summed E-state index contributed by atoms with van der Waals surface area (Å²) in [6.45, 7) is 4.59. The molecule has 2 aliphatic rings. The molecule has 1 aromatic rings. The molecule has 1 saturated carbocycles. The molecular formula is C18H26Cl2N2O2S. The molecule has 140 valence electrons. The quantitative estimate of drug-likeness (QED) is 0.751. The molecule has 2 unspecified atom stereocenters. The molecule has 0 bridgehead atoms. The molecule has 0 radical (unpaired) electrons. The van der Waals surface area contributed by atoms with Crippen LogP contribution in [0.15, 0.2) is 23.1 Å². The average Bonchev–Trinajstić information content (AvgIpc) is 3.07. The number of hydrogen-bond donors (Lipinski definition) is 0. The van der Waals surface area contributed by atoms with E-state index in [-0.39, 0.29) is 16.0 Å². The van der Waals surface area contributed by atoms with Crippen LogP contribution in [0.25, 0.3) is 0 Å². The normalized spacial score (nSPS) is 26.4. The summed E-state index contributed by atoms with van der Waals surface area (Å²) >= 11 is 11.9. The third-order valence-electron chi connectivity index (χ3n) is 5.79. The van der Waals surface area contributed by atoms with Gasteiger partial charge < -0.3 is 4.90 Å². The highest BCUT2D eigenvalue weighted by Crippen LogP contribution is 2.33. The van der Waals surface area contributed by atoms with Crippen molar-refractivity contribution in [1.82, 2.24) is 9.21 Å². The molecule has 0 spiro atoms. The predicted octanol–water partition coefficient (Wildman–Crippen LogP) is 4.27. The van der Waals surface area contributed by atoms with Crippen molar-refractivity contribution in [3.8, 4) is 0 Å². The number of nitrogens with zero attached hydrogens (tertiary/aromatic N) is 2. The molecule has 7 heteroatoms. The number of halogens is 2. The molecular weight excluding hydrogens is 379 g/mol. The summed E-state index contributed by atoms with van der Waals surface area (Å²) in [7, 11) is -1.87. The Labute approximate surface area is 161 Å². The van der Waals surface area contributed by atoms with Crippen LogP contribution in [0.3, 0.4) is 0 Å². The number of hydrogen-bond acceptors (Lipinski definition) is 3. The molecule has 3 rings (SSSR count). The second-order valence-corrected chi connectivity index (χ2v) is 10.2. The third-order valence-corrected chi connectivity index (χ3v) is 8.44. The number of piperidine rings is 1. The summed E-state index contributed by atoms with van der Waals surface area (Å²) in [5.41, 5.74) is 0. The van der Waals surface area contributed by atoms with Gasteiger partial charge >= 0.3 is 0 Å². The van der Waals surface area contributed by atoms with Gasteiger partial charge in [-0.1, -0.05) is 30.1 Å². The Morgan fingerprint density at radius 3 is 2.40 bits per heavy atom. The van der Waals surface area contributed by atoms with E-state index >= 15 is 0 Å². The fraction of sp³-hybridized carbons (Fsp3) is 0.667. The number of benzene rings is 1. The van der Waals surface area contributed by atoms with Gasteiger partial charge in [-0.05, 0) is 69.3 Å². The van der Waals surface area contributed by atoms with Crippen molar-refractivity contribution < 1.29 is 8.42 Å². The zero-order chi connectivity index (χ0) is 18.2. The molecule has 2 atom stereocenters. The SMILES string of the molecule is CC1CCN(C2CCC(N(C)S(=O)(=O)c3ccc(Cl)c(Cl)c3)C2)CC1. The Kier molecular flexibility index (Phi) is 6.01. The van der Waals surface area contributed by atoms with Crippen LogP contribution < -0.4 is 0 Å². The van der Waals surface area contributed by atoms with Crippen molar-refractivity contribution in [3.05, 3.63) is 28.2 Å². The van der Waals surface area contributed by atoms with Crippen LogP contribution in [-0.4, -0.2) is 49.8 Å². The standard InChI is InChI=1S/C18H26Cl2N2O2S/c1-13-7-9-22(10-8-13)15-4-3-14(11-15)21(2)25(23,24)16-5-6-17(19)18(20)12-16/h5-6,12-15H,3-4,7-11H2,1-2H3. The summed E-state index contributed by atoms with van der Waals surface area (Å²) in [6.07, 6.45) is 5.39. The lowest BCUT2D eigenvalue weighted by molar-refractivity contribution is 0.136. The molecule has 0 amide bonds. The van der Waals surface area contributed by atoms with E-state index in [1.807, 2.05) is 0 Å². The van der Waals surface area contributed by atoms with Crippen molar-refractivity contribution >= 4 is 33.2 Å². The Morgan fingerprint density at radius 2 is 1.76 bits per heavy atom. The Morgan fingerprint density at radius 1 is 1.08 bits per heavy atom. The summed E-state index contributed by atoms with van der Waals surface area (Å²) in [6, 6.07) is 5.05. The first-order valence-corrected chi connectivity index (χ1v) is 11.2. The Balaban J connectivity index is 1.68. The second-order valence-electron chi connectivity index (χ2n) is 7.44. The summed E-state index contributed by atoms with van der Waals surface area (Å²) in [4.78, 5) is 2.76. The molecule has 1 aliphatic heterocycles. The molecule has 1 saturated heterocycles. The first-order valence-electron chi connectivity index (χ1n) is 8.96. The third kappa shape index (κ3) is 4.16. The van der Waals surface area contributed by atoms with Gasteiger partial charge in [-0.25, -0.2) is 8.42 Å². The topological polar surface area (TPSA) is 40.6 Å². The molecule has 0 aromatic heterocycles. The van der Waals surface area contributed by atoms with Crippen LogP contribution in [0.1, 0.15) is 39.0 Å². The molecule has 0 N–H and O–H groups in total. The lowest BCUT2D eigenvalue weighted by Crippen LogP contribution is -2.41. The van der Waals surface area contributed by atoms with E-state index in [9.17, 15) is 8.42 Å². The number of sulfonamides is 1. The minimum atomic E-state index is -3.55. The Bertz CT molecular complexity index is 718. The first kappa shape index (κ1) is 19.4. The highest BCUT2D eigenvalue weighted by Gasteiger charge is 2.37. The van der Waals surface area contributed by atoms with Gasteiger partial charge in [0.15, 0.2) is 0 Å². The minimum absolute atomic E-state index is 0.0452. The van der Waals surface area contributed by atoms with E-state index in [1.54, 1.807) is 7.05 Å². The number of likely N-dealkylation sites (tertiary alicyclic amines) is 1. The van der Waals surface area contributed by atoms with E-state index in [2.05, 4.69) is 11.8 Å². The van der Waals surface area contributed by atoms with Gasteiger partial charge in [0.25, 0.3) is 0 Å². The van der Waals surface area contributed by atoms with Crippen molar-refractivity contribution in [2.75, 3.05) is 20.1 Å². The van der Waals surface area contributed by atoms with E-state index in [1.165, 1.54) is 35.3 Å². The van der Waals surface area contributed by atoms with E-state index < -0.39 is 10.0 Å². The maximum atomic E-state index is 12.9. The first-order chi connectivity index (χ1) is 11.8. The van der Waals surface area contributed by atoms with Crippen LogP contribution in [-0.2, 0) is 10.0 Å². The average molecular weight is 405 g/mol. The van der Waals surface area contributed by atoms with Gasteiger partial charge in [-0.15, -0.1) is 0 Å². The zero-order valence-electron chi connectivity index (χ0n) is 14.8. The maximum Gasteiger partial charge on any atom is 0.243 e. The summed E-state index contributed by atoms with van der Waals surface area (Å²) in [5.74, 6) is 0.811. The summed E-state index contributed by atoms with van der Waals surface area (Å²) < 4.78 is 27.4. The molecule has 4 nitrogen and oxygen atoms in total. The molecule has 1 aliphatic carbocycles. The lowest BCUT2D eigenvalue weighted by Gasteiger charge is -2.35. The molecule has 1 aromatic carbocycles. The van der Waals surface area contributed by atoms with Gasteiger partial charge in [0.1, 0.15) is 0 Å². The number of rotatable bonds is 4.